The molecule has 0 spiro atoms. The first-order chi connectivity index (χ1) is 26.3. The van der Waals surface area contributed by atoms with Crippen LogP contribution in [0.5, 0.6) is 0 Å². The maximum absolute atomic E-state index is 14.8. The number of amides is 1. The number of halogens is 3. The number of nitrogens with one attached hydrogen (secondary N) is 2. The molecular formula is C43H43Cl3N6O2. The van der Waals surface area contributed by atoms with Gasteiger partial charge in [-0.3, -0.25) is 9.69 Å². The number of piperazine rings is 1. The van der Waals surface area contributed by atoms with E-state index >= 15 is 0 Å². The molecule has 1 amide bonds. The van der Waals surface area contributed by atoms with Crippen molar-refractivity contribution in [1.29, 1.82) is 0 Å². The zero-order chi connectivity index (χ0) is 37.3. The number of hydrogen-bond donors (Lipinski definition) is 3. The van der Waals surface area contributed by atoms with Crippen LogP contribution in [0.25, 0.3) is 33.4 Å². The summed E-state index contributed by atoms with van der Waals surface area (Å²) in [4.78, 5) is 28.2. The number of fused-ring (bicyclic) bond motifs is 1. The molecule has 4 aromatic carbocycles. The third-order valence-electron chi connectivity index (χ3n) is 11.1. The van der Waals surface area contributed by atoms with E-state index in [2.05, 4.69) is 31.6 Å². The first kappa shape index (κ1) is 36.7. The lowest BCUT2D eigenvalue weighted by molar-refractivity contribution is 0.102. The Morgan fingerprint density at radius 2 is 1.65 bits per heavy atom. The summed E-state index contributed by atoms with van der Waals surface area (Å²) >= 11 is 19.6. The predicted octanol–water partition coefficient (Wildman–Crippen LogP) is 10.5. The standard InChI is InChI=1S/C43H43Cl3N6O2/c1-27(33-15-13-30(44)23-35(33)46)52-26-47-40(29-8-4-2-5-9-29)42(52)39-34-16-14-31(45)24-36(34)48-41(39)43(54)49-37-22-28(25-53)12-17-38(37)51-20-18-50(19-21-51)32-10-6-3-7-11-32/h2,4-5,8-9,12-17,22-24,26-27,32,48,53H,3,6-7,10-11,18-21,25H2,1H3,(H,49,54)/t27-/m0/s1. The fourth-order valence-corrected chi connectivity index (χ4v) is 9.04. The van der Waals surface area contributed by atoms with E-state index in [1.165, 1.54) is 32.1 Å². The Morgan fingerprint density at radius 3 is 2.39 bits per heavy atom. The smallest absolute Gasteiger partial charge is 0.272 e. The molecule has 1 aliphatic carbocycles. The van der Waals surface area contributed by atoms with E-state index in [1.54, 1.807) is 12.4 Å². The van der Waals surface area contributed by atoms with Crippen molar-refractivity contribution >= 4 is 63.0 Å². The molecule has 3 heterocycles. The van der Waals surface area contributed by atoms with Gasteiger partial charge >= 0.3 is 0 Å². The summed E-state index contributed by atoms with van der Waals surface area (Å²) in [6, 6.07) is 27.3. The number of aromatic nitrogens is 3. The zero-order valence-corrected chi connectivity index (χ0v) is 32.4. The monoisotopic (exact) mass is 780 g/mol. The number of carbonyl (C=O) groups is 1. The fourth-order valence-electron chi connectivity index (χ4n) is 8.30. The molecule has 1 saturated carbocycles. The predicted molar refractivity (Wildman–Crippen MR) is 221 cm³/mol. The van der Waals surface area contributed by atoms with Crippen LogP contribution in [-0.2, 0) is 6.61 Å². The molecule has 8 rings (SSSR count). The number of hydrogen-bond acceptors (Lipinski definition) is 5. The molecule has 8 nitrogen and oxygen atoms in total. The van der Waals surface area contributed by atoms with E-state index in [9.17, 15) is 9.90 Å². The lowest BCUT2D eigenvalue weighted by atomic mass is 9.94. The van der Waals surface area contributed by atoms with Crippen LogP contribution in [0, 0.1) is 0 Å². The number of rotatable bonds is 9. The largest absolute Gasteiger partial charge is 0.392 e. The third kappa shape index (κ3) is 7.26. The van der Waals surface area contributed by atoms with Gasteiger partial charge in [0, 0.05) is 69.3 Å². The lowest BCUT2D eigenvalue weighted by Crippen LogP contribution is -2.51. The average molecular weight is 782 g/mol. The summed E-state index contributed by atoms with van der Waals surface area (Å²) in [5.41, 5.74) is 7.31. The van der Waals surface area contributed by atoms with Gasteiger partial charge in [-0.1, -0.05) is 103 Å². The van der Waals surface area contributed by atoms with Gasteiger partial charge in [0.25, 0.3) is 5.91 Å². The Kier molecular flexibility index (Phi) is 10.7. The summed E-state index contributed by atoms with van der Waals surface area (Å²) in [7, 11) is 0. The van der Waals surface area contributed by atoms with Crippen LogP contribution in [0.15, 0.2) is 91.3 Å². The molecule has 278 valence electrons. The van der Waals surface area contributed by atoms with Crippen molar-refractivity contribution in [3.05, 3.63) is 123 Å². The summed E-state index contributed by atoms with van der Waals surface area (Å²) < 4.78 is 2.06. The van der Waals surface area contributed by atoms with Crippen molar-refractivity contribution in [1.82, 2.24) is 19.4 Å². The van der Waals surface area contributed by atoms with E-state index in [0.717, 1.165) is 70.8 Å². The minimum Gasteiger partial charge on any atom is -0.392 e. The van der Waals surface area contributed by atoms with Gasteiger partial charge in [0.05, 0.1) is 41.7 Å². The molecule has 2 aromatic heterocycles. The lowest BCUT2D eigenvalue weighted by Gasteiger charge is -2.42. The van der Waals surface area contributed by atoms with E-state index in [-0.39, 0.29) is 18.6 Å². The second-order valence-corrected chi connectivity index (χ2v) is 15.7. The number of H-pyrrole nitrogens is 1. The SMILES string of the molecule is C[C@@H](c1ccc(Cl)cc1Cl)n1cnc(-c2ccccc2)c1-c1c(C(=O)Nc2cc(CO)ccc2N2CCN(C3CCCCC3)CC2)[nH]c2cc(Cl)ccc12. The van der Waals surface area contributed by atoms with Crippen LogP contribution in [0.4, 0.5) is 11.4 Å². The van der Waals surface area contributed by atoms with Crippen molar-refractivity contribution in [3.63, 3.8) is 0 Å². The van der Waals surface area contributed by atoms with Crippen LogP contribution >= 0.6 is 34.8 Å². The van der Waals surface area contributed by atoms with Crippen LogP contribution in [-0.4, -0.2) is 62.7 Å². The van der Waals surface area contributed by atoms with Crippen LogP contribution in [0.1, 0.15) is 66.7 Å². The molecule has 0 radical (unpaired) electrons. The Morgan fingerprint density at radius 1 is 0.907 bits per heavy atom. The maximum atomic E-state index is 14.8. The minimum absolute atomic E-state index is 0.139. The Bertz CT molecular complexity index is 2290. The van der Waals surface area contributed by atoms with Crippen LogP contribution in [0.3, 0.4) is 0 Å². The molecule has 2 fully saturated rings. The number of aliphatic hydroxyl groups is 1. The second kappa shape index (κ2) is 15.8. The van der Waals surface area contributed by atoms with Crippen molar-refractivity contribution in [3.8, 4) is 22.5 Å². The molecular weight excluding hydrogens is 739 g/mol. The first-order valence-corrected chi connectivity index (χ1v) is 19.9. The van der Waals surface area contributed by atoms with Gasteiger partial charge in [-0.15, -0.1) is 0 Å². The third-order valence-corrected chi connectivity index (χ3v) is 11.9. The highest BCUT2D eigenvalue weighted by atomic mass is 35.5. The molecule has 1 aliphatic heterocycles. The van der Waals surface area contributed by atoms with Gasteiger partial charge in [-0.25, -0.2) is 4.98 Å². The topological polar surface area (TPSA) is 89.4 Å². The number of aromatic amines is 1. The second-order valence-electron chi connectivity index (χ2n) is 14.4. The molecule has 3 N–H and O–H groups in total. The summed E-state index contributed by atoms with van der Waals surface area (Å²) in [5.74, 6) is -0.321. The molecule has 0 unspecified atom stereocenters. The summed E-state index contributed by atoms with van der Waals surface area (Å²) in [6.45, 7) is 5.60. The van der Waals surface area contributed by atoms with Crippen molar-refractivity contribution < 1.29 is 9.90 Å². The van der Waals surface area contributed by atoms with Gasteiger partial charge in [-0.2, -0.15) is 0 Å². The summed E-state index contributed by atoms with van der Waals surface area (Å²) in [6.07, 6.45) is 8.33. The van der Waals surface area contributed by atoms with Gasteiger partial charge < -0.3 is 24.9 Å². The van der Waals surface area contributed by atoms with Crippen LogP contribution < -0.4 is 10.2 Å². The first-order valence-electron chi connectivity index (χ1n) is 18.7. The molecule has 2 aliphatic rings. The normalized spacial score (nSPS) is 16.2. The minimum atomic E-state index is -0.321. The summed E-state index contributed by atoms with van der Waals surface area (Å²) in [5, 5.41) is 15.9. The van der Waals surface area contributed by atoms with Gasteiger partial charge in [0.2, 0.25) is 0 Å². The molecule has 1 saturated heterocycles. The quantitative estimate of drug-likeness (QED) is 0.136. The molecule has 54 heavy (non-hydrogen) atoms. The highest BCUT2D eigenvalue weighted by Crippen LogP contribution is 2.43. The van der Waals surface area contributed by atoms with E-state index < -0.39 is 0 Å². The molecule has 6 aromatic rings. The Balaban J connectivity index is 1.22. The average Bonchev–Trinajstić information content (AvgIpc) is 3.80. The van der Waals surface area contributed by atoms with Crippen molar-refractivity contribution in [2.75, 3.05) is 36.4 Å². The van der Waals surface area contributed by atoms with E-state index in [4.69, 9.17) is 39.8 Å². The number of benzene rings is 4. The maximum Gasteiger partial charge on any atom is 0.272 e. The number of aliphatic hydroxyl groups excluding tert-OH is 1. The number of anilines is 2. The van der Waals surface area contributed by atoms with Crippen molar-refractivity contribution in [2.24, 2.45) is 0 Å². The molecule has 1 atom stereocenters. The Hall–Kier alpha value is -4.31. The van der Waals surface area contributed by atoms with Gasteiger partial charge in [0.1, 0.15) is 5.69 Å². The highest BCUT2D eigenvalue weighted by Gasteiger charge is 2.30. The number of carbonyl (C=O) groups excluding carboxylic acids is 1. The zero-order valence-electron chi connectivity index (χ0n) is 30.2. The molecule has 11 heteroatoms. The Labute approximate surface area is 330 Å². The fraction of sp³-hybridized carbons (Fsp3) is 0.302. The molecule has 0 bridgehead atoms. The van der Waals surface area contributed by atoms with Gasteiger partial charge in [-0.05, 0) is 67.3 Å². The van der Waals surface area contributed by atoms with Crippen molar-refractivity contribution in [2.45, 2.75) is 57.7 Å². The van der Waals surface area contributed by atoms with E-state index in [1.807, 2.05) is 78.9 Å². The number of nitrogens with zero attached hydrogens (tertiary/aromatic N) is 4. The highest BCUT2D eigenvalue weighted by molar-refractivity contribution is 6.35. The van der Waals surface area contributed by atoms with E-state index in [0.29, 0.717) is 38.1 Å². The number of imidazole rings is 1. The van der Waals surface area contributed by atoms with Gasteiger partial charge in [0.15, 0.2) is 0 Å². The van der Waals surface area contributed by atoms with Crippen LogP contribution in [0.2, 0.25) is 15.1 Å².